The van der Waals surface area contributed by atoms with Crippen LogP contribution >= 0.6 is 0 Å². The smallest absolute Gasteiger partial charge is 0.452 e. The highest BCUT2D eigenvalue weighted by molar-refractivity contribution is 5.97. The van der Waals surface area contributed by atoms with Crippen LogP contribution in [-0.2, 0) is 19.2 Å². The van der Waals surface area contributed by atoms with E-state index in [1.807, 2.05) is 10.6 Å². The molecule has 0 bridgehead atoms. The van der Waals surface area contributed by atoms with Gasteiger partial charge in [0.15, 0.2) is 0 Å². The summed E-state index contributed by atoms with van der Waals surface area (Å²) in [5.41, 5.74) is -2.54. The number of alkyl halides is 6. The maximum absolute atomic E-state index is 13.5. The van der Waals surface area contributed by atoms with E-state index >= 15 is 0 Å². The molecule has 3 atom stereocenters. The lowest BCUT2D eigenvalue weighted by atomic mass is 9.67. The number of ether oxygens (including phenoxy) is 1. The molecule has 3 N–H and O–H groups in total. The molecule has 1 aliphatic rings. The molecule has 14 heteroatoms. The van der Waals surface area contributed by atoms with Gasteiger partial charge >= 0.3 is 12.4 Å². The lowest BCUT2D eigenvalue weighted by molar-refractivity contribution is -0.243. The average molecular weight is 554 g/mol. The molecule has 1 aliphatic carbocycles. The minimum atomic E-state index is -5.24. The number of amides is 3. The number of carbonyl (C=O) groups is 4. The van der Waals surface area contributed by atoms with Crippen LogP contribution in [0.5, 0.6) is 5.75 Å². The topological polar surface area (TPSA) is 114 Å². The van der Waals surface area contributed by atoms with Crippen molar-refractivity contribution in [1.29, 1.82) is 0 Å². The average Bonchev–Trinajstić information content (AvgIpc) is 2.77. The number of rotatable bonds is 10. The minimum absolute atomic E-state index is 0.0721. The Hall–Kier alpha value is -3.32. The number of ketones is 1. The molecule has 1 saturated carbocycles. The molecule has 1 aromatic carbocycles. The second kappa shape index (κ2) is 11.6. The zero-order chi connectivity index (χ0) is 29.1. The third kappa shape index (κ3) is 6.76. The summed E-state index contributed by atoms with van der Waals surface area (Å²) in [6.07, 6.45) is -10.8. The fourth-order valence-corrected chi connectivity index (χ4v) is 3.88. The van der Waals surface area contributed by atoms with Gasteiger partial charge in [-0.05, 0) is 43.4 Å². The van der Waals surface area contributed by atoms with E-state index in [1.165, 1.54) is 45.2 Å². The fourth-order valence-electron chi connectivity index (χ4n) is 3.88. The van der Waals surface area contributed by atoms with Gasteiger partial charge in [-0.25, -0.2) is 0 Å². The summed E-state index contributed by atoms with van der Waals surface area (Å²) in [6, 6.07) is 0.298. The Bertz CT molecular complexity index is 1040. The van der Waals surface area contributed by atoms with Crippen LogP contribution in [-0.4, -0.2) is 55.1 Å². The molecule has 0 aromatic heterocycles. The molecule has 0 heterocycles. The zero-order valence-electron chi connectivity index (χ0n) is 21.0. The second-order valence-electron chi connectivity index (χ2n) is 9.44. The Morgan fingerprint density at radius 1 is 0.868 bits per heavy atom. The molecule has 3 unspecified atom stereocenters. The van der Waals surface area contributed by atoms with Gasteiger partial charge in [-0.15, -0.1) is 0 Å². The molecular formula is C24H29F6N3O5. The largest absolute Gasteiger partial charge is 0.497 e. The van der Waals surface area contributed by atoms with Crippen molar-refractivity contribution in [3.63, 3.8) is 0 Å². The number of hydrogen-bond acceptors (Lipinski definition) is 5. The monoisotopic (exact) mass is 553 g/mol. The van der Waals surface area contributed by atoms with Gasteiger partial charge in [0.2, 0.25) is 17.7 Å². The van der Waals surface area contributed by atoms with Crippen molar-refractivity contribution < 1.29 is 50.3 Å². The van der Waals surface area contributed by atoms with Crippen LogP contribution in [0, 0.1) is 11.3 Å². The predicted molar refractivity (Wildman–Crippen MR) is 122 cm³/mol. The van der Waals surface area contributed by atoms with Gasteiger partial charge in [-0.2, -0.15) is 26.3 Å². The van der Waals surface area contributed by atoms with E-state index in [-0.39, 0.29) is 12.0 Å². The molecule has 2 rings (SSSR count). The molecule has 8 nitrogen and oxygen atoms in total. The predicted octanol–water partition coefficient (Wildman–Crippen LogP) is 3.36. The van der Waals surface area contributed by atoms with Gasteiger partial charge in [0.05, 0.1) is 13.2 Å². The van der Waals surface area contributed by atoms with E-state index in [2.05, 4.69) is 5.32 Å². The normalized spacial score (nSPS) is 17.4. The molecule has 1 fully saturated rings. The molecule has 212 valence electrons. The van der Waals surface area contributed by atoms with Crippen LogP contribution in [0.2, 0.25) is 0 Å². The Morgan fingerprint density at radius 2 is 1.42 bits per heavy atom. The Balaban J connectivity index is 2.28. The first-order chi connectivity index (χ1) is 17.4. The van der Waals surface area contributed by atoms with E-state index in [4.69, 9.17) is 4.74 Å². The zero-order valence-corrected chi connectivity index (χ0v) is 21.0. The van der Waals surface area contributed by atoms with Crippen molar-refractivity contribution in [2.45, 2.75) is 70.5 Å². The fraction of sp³-hybridized carbons (Fsp3) is 0.583. The molecule has 1 aromatic rings. The lowest BCUT2D eigenvalue weighted by Crippen LogP contribution is -2.59. The van der Waals surface area contributed by atoms with Crippen molar-refractivity contribution in [3.8, 4) is 5.75 Å². The van der Waals surface area contributed by atoms with Crippen LogP contribution in [0.15, 0.2) is 24.3 Å². The van der Waals surface area contributed by atoms with E-state index in [9.17, 15) is 45.5 Å². The van der Waals surface area contributed by atoms with Crippen LogP contribution in [0.4, 0.5) is 26.3 Å². The minimum Gasteiger partial charge on any atom is -0.497 e. The standard InChI is InChI=1S/C24H29F6N3O5/c1-12(2)16(18(34)23(25,26)27)32-20(36)17(14-6-8-15(38-4)9-7-14)33-19(35)13(3)31-21(37)22(10-5-11-22)24(28,29)30/h6-9,12-13,16-17H,5,10-11H2,1-4H3,(H,31,37)(H,32,36)(H,33,35). The van der Waals surface area contributed by atoms with Crippen LogP contribution in [0.25, 0.3) is 0 Å². The van der Waals surface area contributed by atoms with Crippen LogP contribution in [0.3, 0.4) is 0 Å². The quantitative estimate of drug-likeness (QED) is 0.385. The highest BCUT2D eigenvalue weighted by Crippen LogP contribution is 2.53. The van der Waals surface area contributed by atoms with Crippen molar-refractivity contribution in [1.82, 2.24) is 16.0 Å². The highest BCUT2D eigenvalue weighted by Gasteiger charge is 2.63. The van der Waals surface area contributed by atoms with Gasteiger partial charge in [-0.1, -0.05) is 32.4 Å². The van der Waals surface area contributed by atoms with Crippen LogP contribution < -0.4 is 20.7 Å². The summed E-state index contributed by atoms with van der Waals surface area (Å²) in [5, 5.41) is 6.26. The summed E-state index contributed by atoms with van der Waals surface area (Å²) in [4.78, 5) is 50.2. The van der Waals surface area contributed by atoms with E-state index in [1.54, 1.807) is 0 Å². The Morgan fingerprint density at radius 3 is 1.82 bits per heavy atom. The van der Waals surface area contributed by atoms with Gasteiger partial charge in [0.25, 0.3) is 5.78 Å². The third-order valence-electron chi connectivity index (χ3n) is 6.45. The number of methoxy groups -OCH3 is 1. The first-order valence-electron chi connectivity index (χ1n) is 11.7. The van der Waals surface area contributed by atoms with Crippen molar-refractivity contribution in [2.75, 3.05) is 7.11 Å². The van der Waals surface area contributed by atoms with E-state index in [0.717, 1.165) is 6.92 Å². The van der Waals surface area contributed by atoms with E-state index in [0.29, 0.717) is 5.75 Å². The van der Waals surface area contributed by atoms with E-state index < -0.39 is 78.2 Å². The number of benzene rings is 1. The Kier molecular flexibility index (Phi) is 9.43. The summed E-state index contributed by atoms with van der Waals surface area (Å²) >= 11 is 0. The molecule has 0 radical (unpaired) electrons. The SMILES string of the molecule is COc1ccc(C(NC(=O)C(C)NC(=O)C2(C(F)(F)F)CCC2)C(=O)NC(C(=O)C(F)(F)F)C(C)C)cc1. The van der Waals surface area contributed by atoms with Gasteiger partial charge in [0.1, 0.15) is 23.2 Å². The second-order valence-corrected chi connectivity index (χ2v) is 9.44. The van der Waals surface area contributed by atoms with Gasteiger partial charge in [0, 0.05) is 0 Å². The first kappa shape index (κ1) is 30.9. The summed E-state index contributed by atoms with van der Waals surface area (Å²) < 4.78 is 84.6. The van der Waals surface area contributed by atoms with Gasteiger partial charge in [-0.3, -0.25) is 19.2 Å². The highest BCUT2D eigenvalue weighted by atomic mass is 19.4. The number of carbonyl (C=O) groups excluding carboxylic acids is 4. The third-order valence-corrected chi connectivity index (χ3v) is 6.45. The molecule has 0 aliphatic heterocycles. The molecule has 3 amide bonds. The maximum Gasteiger partial charge on any atom is 0.452 e. The lowest BCUT2D eigenvalue weighted by Gasteiger charge is -2.41. The molecule has 0 spiro atoms. The van der Waals surface area contributed by atoms with Crippen molar-refractivity contribution in [2.24, 2.45) is 11.3 Å². The number of Topliss-reactive ketones (excluding diaryl/α,β-unsaturated/α-hetero) is 1. The first-order valence-corrected chi connectivity index (χ1v) is 11.7. The summed E-state index contributed by atoms with van der Waals surface area (Å²) in [7, 11) is 1.36. The maximum atomic E-state index is 13.5. The summed E-state index contributed by atoms with van der Waals surface area (Å²) in [5.74, 6) is -6.46. The number of halogens is 6. The molecule has 38 heavy (non-hydrogen) atoms. The van der Waals surface area contributed by atoms with Crippen LogP contribution in [0.1, 0.15) is 51.6 Å². The number of nitrogens with one attached hydrogen (secondary N) is 3. The molecular weight excluding hydrogens is 524 g/mol. The van der Waals surface area contributed by atoms with Gasteiger partial charge < -0.3 is 20.7 Å². The number of hydrogen-bond donors (Lipinski definition) is 3. The molecule has 0 saturated heterocycles. The summed E-state index contributed by atoms with van der Waals surface area (Å²) in [6.45, 7) is 3.66. The van der Waals surface area contributed by atoms with Crippen molar-refractivity contribution >= 4 is 23.5 Å². The Labute approximate surface area is 214 Å². The van der Waals surface area contributed by atoms with Crippen molar-refractivity contribution in [3.05, 3.63) is 29.8 Å².